The van der Waals surface area contributed by atoms with Gasteiger partial charge in [0.15, 0.2) is 0 Å². The number of nitrogens with zero attached hydrogens (tertiary/aromatic N) is 10. The van der Waals surface area contributed by atoms with E-state index in [2.05, 4.69) is 472 Å². The number of para-hydroxylation sites is 8. The van der Waals surface area contributed by atoms with Crippen molar-refractivity contribution < 1.29 is 0 Å². The molecule has 19 aromatic carbocycles. The van der Waals surface area contributed by atoms with Crippen molar-refractivity contribution in [2.24, 2.45) is 0 Å². The highest BCUT2D eigenvalue weighted by Crippen LogP contribution is 2.52. The molecule has 6 aromatic heterocycles. The van der Waals surface area contributed by atoms with Crippen molar-refractivity contribution in [1.29, 1.82) is 0 Å². The van der Waals surface area contributed by atoms with Gasteiger partial charge < -0.3 is 9.80 Å². The zero-order valence-corrected chi connectivity index (χ0v) is 69.5. The summed E-state index contributed by atoms with van der Waals surface area (Å²) in [4.78, 5) is 25.9. The van der Waals surface area contributed by atoms with Crippen LogP contribution >= 0.6 is 0 Å². The van der Waals surface area contributed by atoms with E-state index in [-0.39, 0.29) is 5.41 Å². The first-order valence-electron chi connectivity index (χ1n) is 43.4. The Morgan fingerprint density at radius 1 is 0.213 bits per heavy atom. The van der Waals surface area contributed by atoms with Crippen LogP contribution in [0.1, 0.15) is 25.0 Å². The minimum absolute atomic E-state index is 0.120. The van der Waals surface area contributed by atoms with Gasteiger partial charge in [-0.3, -0.25) is 17.9 Å². The highest BCUT2D eigenvalue weighted by molar-refractivity contribution is 6.23. The lowest BCUT2D eigenvalue weighted by atomic mass is 9.82. The molecule has 6 heterocycles. The first kappa shape index (κ1) is 72.9. The van der Waals surface area contributed by atoms with Crippen LogP contribution in [0.2, 0.25) is 0 Å². The minimum atomic E-state index is -0.120. The summed E-state index contributed by atoms with van der Waals surface area (Å²) >= 11 is 0. The van der Waals surface area contributed by atoms with Crippen LogP contribution in [-0.2, 0) is 5.41 Å². The zero-order chi connectivity index (χ0) is 84.0. The van der Waals surface area contributed by atoms with Gasteiger partial charge in [-0.2, -0.15) is 0 Å². The van der Waals surface area contributed by atoms with E-state index in [4.69, 9.17) is 19.9 Å². The fourth-order valence-electron chi connectivity index (χ4n) is 20.1. The van der Waals surface area contributed by atoms with E-state index in [0.717, 1.165) is 140 Å². The third kappa shape index (κ3) is 11.9. The molecule has 0 radical (unpaired) electrons. The fourth-order valence-corrected chi connectivity index (χ4v) is 20.1. The highest BCUT2D eigenvalue weighted by Gasteiger charge is 2.36. The third-order valence-corrected chi connectivity index (χ3v) is 26.2. The van der Waals surface area contributed by atoms with Gasteiger partial charge in [-0.15, -0.1) is 0 Å². The number of fused-ring (bicyclic) bond motifs is 23. The molecule has 1 aliphatic carbocycles. The zero-order valence-electron chi connectivity index (χ0n) is 69.5. The lowest BCUT2D eigenvalue weighted by Crippen LogP contribution is -2.16. The smallest absolute Gasteiger partial charge is 0.221 e. The summed E-state index contributed by atoms with van der Waals surface area (Å²) in [5.41, 5.74) is 33.3. The van der Waals surface area contributed by atoms with E-state index in [9.17, 15) is 0 Å². The molecule has 0 bridgehead atoms. The topological polar surface area (TPSA) is 76.7 Å². The fraction of sp³-hybridized carbons (Fsp3) is 0.0256. The van der Waals surface area contributed by atoms with Gasteiger partial charge in [0.2, 0.25) is 11.9 Å². The lowest BCUT2D eigenvalue weighted by molar-refractivity contribution is 0.660. The molecule has 0 fully saturated rings. The second kappa shape index (κ2) is 29.2. The summed E-state index contributed by atoms with van der Waals surface area (Å²) in [6.45, 7) is 4.70. The van der Waals surface area contributed by atoms with Gasteiger partial charge in [-0.1, -0.05) is 293 Å². The minimum Gasteiger partial charge on any atom is -0.311 e. The summed E-state index contributed by atoms with van der Waals surface area (Å²) in [6, 6.07) is 157. The van der Waals surface area contributed by atoms with Crippen molar-refractivity contribution in [2.45, 2.75) is 19.3 Å². The van der Waals surface area contributed by atoms with Gasteiger partial charge in [-0.25, -0.2) is 19.9 Å². The molecule has 0 N–H and O–H groups in total. The molecule has 0 saturated carbocycles. The second-order valence-corrected chi connectivity index (χ2v) is 33.7. The molecule has 127 heavy (non-hydrogen) atoms. The van der Waals surface area contributed by atoms with Gasteiger partial charge in [0.1, 0.15) is 11.3 Å². The van der Waals surface area contributed by atoms with Crippen molar-refractivity contribution >= 4 is 154 Å². The number of anilines is 6. The molecule has 0 saturated heterocycles. The number of imidazole rings is 2. The van der Waals surface area contributed by atoms with Gasteiger partial charge in [0, 0.05) is 71.9 Å². The molecule has 25 aromatic rings. The molecule has 0 amide bonds. The average molecular weight is 1620 g/mol. The Labute approximate surface area is 732 Å². The van der Waals surface area contributed by atoms with Crippen LogP contribution in [0.5, 0.6) is 0 Å². The molecule has 0 atom stereocenters. The lowest BCUT2D eigenvalue weighted by Gasteiger charge is -2.28. The molecular formula is C117H78N10. The van der Waals surface area contributed by atoms with Crippen LogP contribution in [0.4, 0.5) is 34.1 Å². The van der Waals surface area contributed by atoms with Gasteiger partial charge >= 0.3 is 0 Å². The third-order valence-electron chi connectivity index (χ3n) is 26.2. The number of aromatic nitrogens is 8. The van der Waals surface area contributed by atoms with Crippen LogP contribution in [0, 0.1) is 0 Å². The van der Waals surface area contributed by atoms with E-state index >= 15 is 0 Å². The van der Waals surface area contributed by atoms with Crippen molar-refractivity contribution in [3.05, 3.63) is 448 Å². The van der Waals surface area contributed by atoms with Crippen molar-refractivity contribution in [3.63, 3.8) is 0 Å². The second-order valence-electron chi connectivity index (χ2n) is 33.7. The maximum atomic E-state index is 5.44. The van der Waals surface area contributed by atoms with E-state index in [1.807, 2.05) is 6.07 Å². The largest absolute Gasteiger partial charge is 0.311 e. The summed E-state index contributed by atoms with van der Waals surface area (Å²) in [7, 11) is 0. The molecule has 0 unspecified atom stereocenters. The van der Waals surface area contributed by atoms with Gasteiger partial charge in [0.25, 0.3) is 0 Å². The van der Waals surface area contributed by atoms with Crippen LogP contribution in [0.3, 0.4) is 0 Å². The Balaban J connectivity index is 0.000000140. The Bertz CT molecular complexity index is 8670. The first-order valence-corrected chi connectivity index (χ1v) is 43.4. The normalized spacial score (nSPS) is 12.4. The standard InChI is InChI=1S/C63H43N5.C54H35N5/c1-63(2)53-20-10-8-18-49(53)50-35-34-47(39-54(50)63)66(45-30-24-41(25-31-45)40-14-4-3-5-15-40)46-32-26-42(27-33-46)44-29-36-57-52(38-44)60-48-17-7-6-16-43(48)28-37-59(60)67(57)62-65-55-21-11-9-19-51(55)61-64-56-22-12-13-23-58(56)68(61)62;1-3-14-41(15-4-1)57(42-16-5-2-6-17-42)43-31-27-37(28-32-43)36-23-25-38(26-24-36)40-30-33-49-46(35-40)52-44-18-8-7-13-39(44)29-34-51(52)58(49)54-56-47-20-10-9-19-45(47)53-55-48-21-11-12-22-50(48)59(53)54/h3-39H,1-2H3;1-35H. The molecule has 0 aliphatic heterocycles. The van der Waals surface area contributed by atoms with E-state index in [0.29, 0.717) is 0 Å². The number of hydrogen-bond acceptors (Lipinski definition) is 6. The van der Waals surface area contributed by atoms with E-state index < -0.39 is 0 Å². The van der Waals surface area contributed by atoms with Crippen LogP contribution in [-0.4, -0.2) is 37.9 Å². The van der Waals surface area contributed by atoms with Crippen LogP contribution in [0.15, 0.2) is 437 Å². The summed E-state index contributed by atoms with van der Waals surface area (Å²) in [6.07, 6.45) is 0. The predicted molar refractivity (Wildman–Crippen MR) is 528 cm³/mol. The average Bonchev–Trinajstić information content (AvgIpc) is 1.56. The summed E-state index contributed by atoms with van der Waals surface area (Å²) in [5, 5.41) is 11.7. The summed E-state index contributed by atoms with van der Waals surface area (Å²) in [5.74, 6) is 1.64. The van der Waals surface area contributed by atoms with Crippen LogP contribution in [0.25, 0.3) is 188 Å². The number of benzene rings is 19. The summed E-state index contributed by atoms with van der Waals surface area (Å²) < 4.78 is 9.14. The molecule has 0 spiro atoms. The van der Waals surface area contributed by atoms with Crippen molar-refractivity contribution in [1.82, 2.24) is 37.9 Å². The molecule has 10 heteroatoms. The monoisotopic (exact) mass is 1620 g/mol. The van der Waals surface area contributed by atoms with Gasteiger partial charge in [0.05, 0.1) is 55.2 Å². The Hall–Kier alpha value is -16.8. The predicted octanol–water partition coefficient (Wildman–Crippen LogP) is 30.5. The molecular weight excluding hydrogens is 1550 g/mol. The maximum absolute atomic E-state index is 5.44. The SMILES string of the molecule is CC1(C)c2ccccc2-c2ccc(N(c3ccc(-c4ccccc4)cc3)c3ccc(-c4ccc5c(c4)c4c6ccccc6ccc4n5-c4nc5ccccc5c5nc6ccccc6n45)cc3)cc21.c1ccc(N(c2ccccc2)c2ccc(-c3ccc(-c4ccc5c(c4)c4c6ccccc6ccc4n5-c4nc5ccccc5c5nc6ccccc6n45)cc3)cc2)cc1. The molecule has 1 aliphatic rings. The van der Waals surface area contributed by atoms with Crippen molar-refractivity contribution in [2.75, 3.05) is 9.80 Å². The van der Waals surface area contributed by atoms with Crippen molar-refractivity contribution in [3.8, 4) is 67.5 Å². The molecule has 10 nitrogen and oxygen atoms in total. The first-order chi connectivity index (χ1) is 62.7. The highest BCUT2D eigenvalue weighted by atomic mass is 15.2. The van der Waals surface area contributed by atoms with E-state index in [1.165, 1.54) is 93.2 Å². The Morgan fingerprint density at radius 3 is 1.02 bits per heavy atom. The Morgan fingerprint density at radius 2 is 0.543 bits per heavy atom. The number of hydrogen-bond donors (Lipinski definition) is 0. The number of rotatable bonds is 12. The quantitative estimate of drug-likeness (QED) is 0.121. The van der Waals surface area contributed by atoms with E-state index in [1.54, 1.807) is 0 Å². The van der Waals surface area contributed by atoms with Crippen LogP contribution < -0.4 is 9.80 Å². The maximum Gasteiger partial charge on any atom is 0.221 e. The Kier molecular flexibility index (Phi) is 16.8. The van der Waals surface area contributed by atoms with Gasteiger partial charge in [-0.05, 0) is 246 Å². The molecule has 26 rings (SSSR count). The molecule has 596 valence electrons.